The van der Waals surface area contributed by atoms with E-state index in [2.05, 4.69) is 18.7 Å². The van der Waals surface area contributed by atoms with Gasteiger partial charge in [0.2, 0.25) is 0 Å². The molecule has 0 bridgehead atoms. The maximum atomic E-state index is 10.4. The summed E-state index contributed by atoms with van der Waals surface area (Å²) >= 11 is 0. The highest BCUT2D eigenvalue weighted by Gasteiger charge is 2.22. The fraction of sp³-hybridized carbons (Fsp3) is 0.647. The van der Waals surface area contributed by atoms with Crippen LogP contribution in [0.25, 0.3) is 0 Å². The van der Waals surface area contributed by atoms with Gasteiger partial charge in [0.05, 0.1) is 12.7 Å². The highest BCUT2D eigenvalue weighted by atomic mass is 16.5. The van der Waals surface area contributed by atoms with E-state index in [0.29, 0.717) is 0 Å². The van der Waals surface area contributed by atoms with E-state index in [9.17, 15) is 5.11 Å². The number of hydrogen-bond donors (Lipinski definition) is 1. The molecule has 1 aromatic rings. The van der Waals surface area contributed by atoms with E-state index < -0.39 is 6.10 Å². The summed E-state index contributed by atoms with van der Waals surface area (Å²) < 4.78 is 5.66. The fourth-order valence-corrected chi connectivity index (χ4v) is 2.23. The zero-order valence-electron chi connectivity index (χ0n) is 12.9. The Hall–Kier alpha value is -0.900. The molecule has 20 heavy (non-hydrogen) atoms. The summed E-state index contributed by atoms with van der Waals surface area (Å²) in [5, 5.41) is 10.4. The highest BCUT2D eigenvalue weighted by Crippen LogP contribution is 2.28. The van der Waals surface area contributed by atoms with E-state index in [0.717, 1.165) is 31.2 Å². The van der Waals surface area contributed by atoms with Crippen LogP contribution in [-0.2, 0) is 4.74 Å². The first kappa shape index (κ1) is 15.5. The summed E-state index contributed by atoms with van der Waals surface area (Å²) in [5.74, 6) is 0.816. The Bertz CT molecular complexity index is 400. The molecule has 2 atom stereocenters. The number of ether oxygens (including phenoxy) is 1. The molecule has 1 aliphatic rings. The number of rotatable bonds is 8. The van der Waals surface area contributed by atoms with E-state index >= 15 is 0 Å². The molecule has 2 unspecified atom stereocenters. The van der Waals surface area contributed by atoms with Gasteiger partial charge in [-0.1, -0.05) is 29.8 Å². The van der Waals surface area contributed by atoms with Gasteiger partial charge in [0.15, 0.2) is 0 Å². The average Bonchev–Trinajstić information content (AvgIpc) is 3.26. The number of aliphatic hydroxyl groups excluding tert-OH is 1. The molecule has 3 heteroatoms. The standard InChI is InChI=1S/C17H27NO2/c1-13-4-8-16(9-5-13)17(19)14(2)18(3)10-11-20-12-15-6-7-15/h4-5,8-9,14-15,17,19H,6-7,10-12H2,1-3H3. The van der Waals surface area contributed by atoms with Gasteiger partial charge < -0.3 is 9.84 Å². The van der Waals surface area contributed by atoms with Gasteiger partial charge in [0.1, 0.15) is 0 Å². The predicted molar refractivity (Wildman–Crippen MR) is 81.8 cm³/mol. The number of aryl methyl sites for hydroxylation is 1. The van der Waals surface area contributed by atoms with Gasteiger partial charge in [-0.3, -0.25) is 4.90 Å². The molecule has 0 saturated heterocycles. The minimum absolute atomic E-state index is 0.0854. The van der Waals surface area contributed by atoms with Crippen LogP contribution in [0, 0.1) is 12.8 Å². The quantitative estimate of drug-likeness (QED) is 0.742. The van der Waals surface area contributed by atoms with Crippen LogP contribution in [0.2, 0.25) is 0 Å². The third-order valence-corrected chi connectivity index (χ3v) is 4.21. The van der Waals surface area contributed by atoms with Crippen molar-refractivity contribution in [2.24, 2.45) is 5.92 Å². The van der Waals surface area contributed by atoms with Gasteiger partial charge in [-0.05, 0) is 45.2 Å². The lowest BCUT2D eigenvalue weighted by Gasteiger charge is -2.29. The van der Waals surface area contributed by atoms with Crippen molar-refractivity contribution in [2.45, 2.75) is 38.8 Å². The van der Waals surface area contributed by atoms with Crippen molar-refractivity contribution >= 4 is 0 Å². The van der Waals surface area contributed by atoms with Gasteiger partial charge in [0, 0.05) is 19.2 Å². The zero-order chi connectivity index (χ0) is 14.5. The Kier molecular flexibility index (Phi) is 5.58. The molecule has 1 fully saturated rings. The van der Waals surface area contributed by atoms with Crippen LogP contribution in [0.1, 0.15) is 37.0 Å². The van der Waals surface area contributed by atoms with E-state index in [4.69, 9.17) is 4.74 Å². The van der Waals surface area contributed by atoms with Crippen LogP contribution in [0.5, 0.6) is 0 Å². The summed E-state index contributed by atoms with van der Waals surface area (Å²) in [4.78, 5) is 2.16. The number of likely N-dealkylation sites (N-methyl/N-ethyl adjacent to an activating group) is 1. The molecule has 1 aliphatic carbocycles. The van der Waals surface area contributed by atoms with E-state index in [1.807, 2.05) is 31.3 Å². The Morgan fingerprint density at radius 3 is 2.55 bits per heavy atom. The normalized spacial score (nSPS) is 18.2. The van der Waals surface area contributed by atoms with Gasteiger partial charge in [-0.15, -0.1) is 0 Å². The minimum Gasteiger partial charge on any atom is -0.387 e. The van der Waals surface area contributed by atoms with E-state index in [1.165, 1.54) is 18.4 Å². The lowest BCUT2D eigenvalue weighted by atomic mass is 10.0. The molecule has 0 spiro atoms. The second kappa shape index (κ2) is 7.21. The maximum Gasteiger partial charge on any atom is 0.0942 e. The number of aliphatic hydroxyl groups is 1. The smallest absolute Gasteiger partial charge is 0.0942 e. The van der Waals surface area contributed by atoms with Crippen molar-refractivity contribution in [3.8, 4) is 0 Å². The Balaban J connectivity index is 1.75. The van der Waals surface area contributed by atoms with Crippen molar-refractivity contribution in [2.75, 3.05) is 26.8 Å². The molecule has 0 aromatic heterocycles. The van der Waals surface area contributed by atoms with Crippen molar-refractivity contribution in [1.82, 2.24) is 4.90 Å². The topological polar surface area (TPSA) is 32.7 Å². The summed E-state index contributed by atoms with van der Waals surface area (Å²) in [6, 6.07) is 8.19. The van der Waals surface area contributed by atoms with Crippen LogP contribution >= 0.6 is 0 Å². The van der Waals surface area contributed by atoms with Gasteiger partial charge in [0.25, 0.3) is 0 Å². The van der Waals surface area contributed by atoms with Crippen molar-refractivity contribution in [3.63, 3.8) is 0 Å². The third kappa shape index (κ3) is 4.58. The van der Waals surface area contributed by atoms with Crippen LogP contribution in [-0.4, -0.2) is 42.9 Å². The number of benzene rings is 1. The SMILES string of the molecule is Cc1ccc(C(O)C(C)N(C)CCOCC2CC2)cc1. The largest absolute Gasteiger partial charge is 0.387 e. The molecule has 1 aromatic carbocycles. The van der Waals surface area contributed by atoms with Crippen molar-refractivity contribution in [3.05, 3.63) is 35.4 Å². The first-order chi connectivity index (χ1) is 9.58. The van der Waals surface area contributed by atoms with Crippen LogP contribution < -0.4 is 0 Å². The number of hydrogen-bond acceptors (Lipinski definition) is 3. The lowest BCUT2D eigenvalue weighted by Crippen LogP contribution is -2.36. The van der Waals surface area contributed by atoms with E-state index in [-0.39, 0.29) is 6.04 Å². The number of nitrogens with zero attached hydrogens (tertiary/aromatic N) is 1. The Morgan fingerprint density at radius 2 is 1.95 bits per heavy atom. The molecule has 1 saturated carbocycles. The predicted octanol–water partition coefficient (Wildman–Crippen LogP) is 2.78. The van der Waals surface area contributed by atoms with Crippen LogP contribution in [0.3, 0.4) is 0 Å². The molecule has 0 radical (unpaired) electrons. The molecule has 0 aliphatic heterocycles. The monoisotopic (exact) mass is 277 g/mol. The van der Waals surface area contributed by atoms with Crippen LogP contribution in [0.15, 0.2) is 24.3 Å². The highest BCUT2D eigenvalue weighted by molar-refractivity contribution is 5.23. The third-order valence-electron chi connectivity index (χ3n) is 4.21. The summed E-state index contributed by atoms with van der Waals surface area (Å²) in [6.07, 6.45) is 2.21. The second-order valence-corrected chi connectivity index (χ2v) is 6.10. The summed E-state index contributed by atoms with van der Waals surface area (Å²) in [6.45, 7) is 6.63. The first-order valence-corrected chi connectivity index (χ1v) is 7.60. The van der Waals surface area contributed by atoms with Gasteiger partial charge in [-0.2, -0.15) is 0 Å². The second-order valence-electron chi connectivity index (χ2n) is 6.10. The molecule has 0 heterocycles. The van der Waals surface area contributed by atoms with Crippen molar-refractivity contribution < 1.29 is 9.84 Å². The molecular formula is C17H27NO2. The average molecular weight is 277 g/mol. The van der Waals surface area contributed by atoms with Crippen molar-refractivity contribution in [1.29, 1.82) is 0 Å². The molecular weight excluding hydrogens is 250 g/mol. The Labute approximate surface area is 122 Å². The zero-order valence-corrected chi connectivity index (χ0v) is 12.9. The molecule has 1 N–H and O–H groups in total. The summed E-state index contributed by atoms with van der Waals surface area (Å²) in [7, 11) is 2.04. The molecule has 112 valence electrons. The minimum atomic E-state index is -0.455. The molecule has 2 rings (SSSR count). The maximum absolute atomic E-state index is 10.4. The summed E-state index contributed by atoms with van der Waals surface area (Å²) in [5.41, 5.74) is 2.20. The van der Waals surface area contributed by atoms with Gasteiger partial charge >= 0.3 is 0 Å². The van der Waals surface area contributed by atoms with Gasteiger partial charge in [-0.25, -0.2) is 0 Å². The Morgan fingerprint density at radius 1 is 1.30 bits per heavy atom. The first-order valence-electron chi connectivity index (χ1n) is 7.60. The van der Waals surface area contributed by atoms with E-state index in [1.54, 1.807) is 0 Å². The fourth-order valence-electron chi connectivity index (χ4n) is 2.23. The molecule has 0 amide bonds. The molecule has 3 nitrogen and oxygen atoms in total. The lowest BCUT2D eigenvalue weighted by molar-refractivity contribution is 0.0449. The van der Waals surface area contributed by atoms with Crippen LogP contribution in [0.4, 0.5) is 0 Å².